The van der Waals surface area contributed by atoms with Crippen LogP contribution in [-0.2, 0) is 11.3 Å². The Balaban J connectivity index is 0.00000226. The monoisotopic (exact) mass is 566 g/mol. The molecule has 4 rings (SSSR count). The summed E-state index contributed by atoms with van der Waals surface area (Å²) >= 11 is 0. The molecule has 0 aliphatic carbocycles. The van der Waals surface area contributed by atoms with Gasteiger partial charge in [-0.2, -0.15) is 13.2 Å². The second-order valence-electron chi connectivity index (χ2n) is 8.97. The van der Waals surface area contributed by atoms with Crippen molar-refractivity contribution in [3.8, 4) is 0 Å². The molecule has 41 heavy (non-hydrogen) atoms. The first-order valence-electron chi connectivity index (χ1n) is 13.7. The molecule has 1 fully saturated rings. The summed E-state index contributed by atoms with van der Waals surface area (Å²) in [5.41, 5.74) is 2.10. The van der Waals surface area contributed by atoms with Gasteiger partial charge in [-0.05, 0) is 55.8 Å². The smallest absolute Gasteiger partial charge is 0.449 e. The predicted octanol–water partition coefficient (Wildman–Crippen LogP) is 7.90. The Hall–Kier alpha value is -4.27. The summed E-state index contributed by atoms with van der Waals surface area (Å²) in [5.74, 6) is -0.0664. The molecule has 1 aromatic heterocycles. The number of aromatic nitrogens is 1. The van der Waals surface area contributed by atoms with Crippen LogP contribution in [-0.4, -0.2) is 48.3 Å². The van der Waals surface area contributed by atoms with E-state index in [-0.39, 0.29) is 11.8 Å². The minimum Gasteiger partial charge on any atom is -0.452 e. The lowest BCUT2D eigenvalue weighted by atomic mass is 10.1. The number of halogens is 3. The van der Waals surface area contributed by atoms with Crippen molar-refractivity contribution in [3.05, 3.63) is 108 Å². The maximum absolute atomic E-state index is 13.7. The molecule has 0 saturated carbocycles. The van der Waals surface area contributed by atoms with Crippen LogP contribution in [0.15, 0.2) is 96.9 Å². The Labute approximate surface area is 240 Å². The van der Waals surface area contributed by atoms with Crippen molar-refractivity contribution in [3.63, 3.8) is 0 Å². The second kappa shape index (κ2) is 14.9. The number of pyridine rings is 1. The molecule has 218 valence electrons. The quantitative estimate of drug-likeness (QED) is 0.273. The van der Waals surface area contributed by atoms with E-state index in [0.717, 1.165) is 23.1 Å². The van der Waals surface area contributed by atoms with Crippen molar-refractivity contribution in [2.75, 3.05) is 36.0 Å². The van der Waals surface area contributed by atoms with Gasteiger partial charge in [0.15, 0.2) is 0 Å². The summed E-state index contributed by atoms with van der Waals surface area (Å²) in [6, 6.07) is 22.1. The number of benzene rings is 2. The van der Waals surface area contributed by atoms with Gasteiger partial charge in [-0.1, -0.05) is 62.4 Å². The van der Waals surface area contributed by atoms with Crippen LogP contribution in [0.25, 0.3) is 5.76 Å². The molecule has 0 radical (unpaired) electrons. The highest BCUT2D eigenvalue weighted by Crippen LogP contribution is 2.31. The molecule has 1 saturated heterocycles. The van der Waals surface area contributed by atoms with Crippen molar-refractivity contribution < 1.29 is 22.7 Å². The minimum absolute atomic E-state index is 0.105. The molecule has 6 nitrogen and oxygen atoms in total. The van der Waals surface area contributed by atoms with Gasteiger partial charge in [-0.3, -0.25) is 4.90 Å². The largest absolute Gasteiger partial charge is 0.452 e. The zero-order valence-electron chi connectivity index (χ0n) is 23.9. The highest BCUT2D eigenvalue weighted by Gasteiger charge is 2.36. The number of allylic oxidation sites excluding steroid dienone is 3. The molecule has 0 bridgehead atoms. The Morgan fingerprint density at radius 1 is 0.902 bits per heavy atom. The van der Waals surface area contributed by atoms with Crippen molar-refractivity contribution in [2.45, 2.75) is 40.4 Å². The topological polar surface area (TPSA) is 48.9 Å². The molecular formula is C32H37F3N4O2. The van der Waals surface area contributed by atoms with Crippen LogP contribution in [0.2, 0.25) is 0 Å². The van der Waals surface area contributed by atoms with E-state index < -0.39 is 11.9 Å². The van der Waals surface area contributed by atoms with Gasteiger partial charge >= 0.3 is 12.2 Å². The lowest BCUT2D eigenvalue weighted by Crippen LogP contribution is -2.53. The number of amides is 2. The van der Waals surface area contributed by atoms with Crippen molar-refractivity contribution in [1.29, 1.82) is 0 Å². The zero-order valence-corrected chi connectivity index (χ0v) is 23.9. The highest BCUT2D eigenvalue weighted by atomic mass is 19.4. The lowest BCUT2D eigenvalue weighted by Gasteiger charge is -2.38. The summed E-state index contributed by atoms with van der Waals surface area (Å²) in [6.45, 7) is 9.69. The zero-order chi connectivity index (χ0) is 29.8. The summed E-state index contributed by atoms with van der Waals surface area (Å²) in [4.78, 5) is 23.8. The van der Waals surface area contributed by atoms with Crippen molar-refractivity contribution >= 4 is 23.3 Å². The molecule has 2 aromatic carbocycles. The maximum Gasteiger partial charge on any atom is 0.449 e. The summed E-state index contributed by atoms with van der Waals surface area (Å²) in [7, 11) is 0. The van der Waals surface area contributed by atoms with Crippen molar-refractivity contribution in [1.82, 2.24) is 9.88 Å². The van der Waals surface area contributed by atoms with Crippen LogP contribution in [0.1, 0.15) is 38.8 Å². The molecule has 0 spiro atoms. The van der Waals surface area contributed by atoms with Gasteiger partial charge in [-0.25, -0.2) is 9.78 Å². The summed E-state index contributed by atoms with van der Waals surface area (Å²) in [6.07, 6.45) is -0.426. The molecule has 3 aromatic rings. The Morgan fingerprint density at radius 2 is 1.54 bits per heavy atom. The third-order valence-corrected chi connectivity index (χ3v) is 6.43. The van der Waals surface area contributed by atoms with E-state index >= 15 is 0 Å². The number of anilines is 2. The number of urea groups is 1. The third-order valence-electron chi connectivity index (χ3n) is 6.43. The number of hydrogen-bond acceptors (Lipinski definition) is 4. The van der Waals surface area contributed by atoms with Crippen LogP contribution < -0.4 is 9.80 Å². The van der Waals surface area contributed by atoms with E-state index in [9.17, 15) is 18.0 Å². The number of rotatable bonds is 7. The number of piperazine rings is 1. The average Bonchev–Trinajstić information content (AvgIpc) is 3.02. The number of ether oxygens (including phenoxy) is 1. The number of hydrogen-bond donors (Lipinski definition) is 0. The summed E-state index contributed by atoms with van der Waals surface area (Å²) < 4.78 is 44.7. The molecule has 1 aliphatic rings. The van der Waals surface area contributed by atoms with E-state index in [1.807, 2.05) is 67.3 Å². The van der Waals surface area contributed by atoms with E-state index in [1.54, 1.807) is 42.3 Å². The van der Waals surface area contributed by atoms with Crippen molar-refractivity contribution in [2.24, 2.45) is 0 Å². The number of carbonyl (C=O) groups is 1. The van der Waals surface area contributed by atoms with Gasteiger partial charge in [0.05, 0.1) is 6.54 Å². The highest BCUT2D eigenvalue weighted by molar-refractivity contribution is 5.92. The molecule has 2 heterocycles. The fraction of sp³-hybridized carbons (Fsp3) is 0.312. The molecule has 0 atom stereocenters. The van der Waals surface area contributed by atoms with Gasteiger partial charge < -0.3 is 14.5 Å². The van der Waals surface area contributed by atoms with Gasteiger partial charge in [0.2, 0.25) is 5.76 Å². The number of carbonyl (C=O) groups excluding carboxylic acids is 1. The van der Waals surface area contributed by atoms with Gasteiger partial charge in [0.1, 0.15) is 11.6 Å². The molecule has 1 aliphatic heterocycles. The first-order chi connectivity index (χ1) is 19.8. The number of para-hydroxylation sites is 1. The Bertz CT molecular complexity index is 1290. The standard InChI is InChI=1S/C30H31F3N4O2.C2H6/c1-3-26(39-27(4-2)30(31,32)33)24-15-13-23(14-16-24)22-37(25-10-6-5-7-11-25)29(38)36-20-18-35(19-21-36)28-12-8-9-17-34-28;1-2/h3-17H,18-22H2,1-2H3;1-2H3/b26-3-,27-4-;. The molecule has 9 heteroatoms. The molecule has 0 unspecified atom stereocenters. The first kappa shape index (κ1) is 31.3. The van der Waals surface area contributed by atoms with E-state index in [1.165, 1.54) is 13.0 Å². The maximum atomic E-state index is 13.7. The summed E-state index contributed by atoms with van der Waals surface area (Å²) in [5, 5.41) is 0. The van der Waals surface area contributed by atoms with E-state index in [4.69, 9.17) is 4.74 Å². The van der Waals surface area contributed by atoms with E-state index in [2.05, 4.69) is 9.88 Å². The van der Waals surface area contributed by atoms with Gasteiger partial charge in [-0.15, -0.1) is 0 Å². The van der Waals surface area contributed by atoms with Gasteiger partial charge in [0.25, 0.3) is 0 Å². The number of nitrogens with zero attached hydrogens (tertiary/aromatic N) is 4. The van der Waals surface area contributed by atoms with Crippen LogP contribution >= 0.6 is 0 Å². The number of alkyl halides is 3. The molecular weight excluding hydrogens is 529 g/mol. The average molecular weight is 567 g/mol. The van der Waals surface area contributed by atoms with Gasteiger partial charge in [0, 0.05) is 43.6 Å². The van der Waals surface area contributed by atoms with E-state index in [0.29, 0.717) is 38.3 Å². The molecule has 0 N–H and O–H groups in total. The normalized spacial score (nSPS) is 14.2. The lowest BCUT2D eigenvalue weighted by molar-refractivity contribution is -0.120. The van der Waals surface area contributed by atoms with Crippen LogP contribution in [0.4, 0.5) is 29.5 Å². The Morgan fingerprint density at radius 3 is 2.07 bits per heavy atom. The predicted molar refractivity (Wildman–Crippen MR) is 158 cm³/mol. The SMILES string of the molecule is C/C=C(\O/C(=C\C)C(F)(F)F)c1ccc(CN(C(=O)N2CCN(c3ccccn3)CC2)c2ccccc2)cc1.CC. The Kier molecular flexibility index (Phi) is 11.4. The molecule has 2 amide bonds. The minimum atomic E-state index is -4.58. The fourth-order valence-electron chi connectivity index (χ4n) is 4.36. The van der Waals surface area contributed by atoms with Crippen LogP contribution in [0, 0.1) is 0 Å². The first-order valence-corrected chi connectivity index (χ1v) is 13.7. The third kappa shape index (κ3) is 8.36. The van der Waals surface area contributed by atoms with Crippen LogP contribution in [0.3, 0.4) is 0 Å². The fourth-order valence-corrected chi connectivity index (χ4v) is 4.36. The second-order valence-corrected chi connectivity index (χ2v) is 8.97. The van der Waals surface area contributed by atoms with Crippen LogP contribution in [0.5, 0.6) is 0 Å².